The monoisotopic (exact) mass is 437 g/mol. The number of aromatic nitrogens is 5. The van der Waals surface area contributed by atoms with Crippen molar-refractivity contribution in [2.75, 3.05) is 0 Å². The largest absolute Gasteiger partial charge is 0.454 e. The second-order valence-corrected chi connectivity index (χ2v) is 8.38. The van der Waals surface area contributed by atoms with Gasteiger partial charge in [0.1, 0.15) is 16.6 Å². The van der Waals surface area contributed by atoms with Crippen LogP contribution in [0.15, 0.2) is 95.8 Å². The number of hydrogen-bond donors (Lipinski definition) is 0. The predicted molar refractivity (Wildman–Crippen MR) is 134 cm³/mol. The van der Waals surface area contributed by atoms with E-state index in [4.69, 9.17) is 14.4 Å². The second-order valence-electron chi connectivity index (χ2n) is 8.38. The summed E-state index contributed by atoms with van der Waals surface area (Å²) in [6, 6.07) is 24.5. The van der Waals surface area contributed by atoms with Crippen molar-refractivity contribution in [3.05, 3.63) is 91.4 Å². The van der Waals surface area contributed by atoms with Crippen molar-refractivity contribution < 1.29 is 4.42 Å². The zero-order valence-electron chi connectivity index (χ0n) is 17.8. The maximum absolute atomic E-state index is 6.51. The fourth-order valence-electron chi connectivity index (χ4n) is 5.08. The second kappa shape index (κ2) is 6.36. The van der Waals surface area contributed by atoms with Crippen LogP contribution in [0.2, 0.25) is 0 Å². The molecule has 8 aromatic rings. The van der Waals surface area contributed by atoms with Gasteiger partial charge < -0.3 is 4.42 Å². The minimum absolute atomic E-state index is 0.613. The SMILES string of the molecule is c1ccc2nc(-n3c4ccccc4c4ccc5c(oc6ccc7nccnc7c65)c43)ncc2c1. The fraction of sp³-hybridized carbons (Fsp3) is 0. The smallest absolute Gasteiger partial charge is 0.235 e. The van der Waals surface area contributed by atoms with Crippen LogP contribution in [0.1, 0.15) is 0 Å². The quantitative estimate of drug-likeness (QED) is 0.290. The van der Waals surface area contributed by atoms with Gasteiger partial charge in [0.15, 0.2) is 5.58 Å². The van der Waals surface area contributed by atoms with Crippen LogP contribution in [0.25, 0.3) is 71.6 Å². The highest BCUT2D eigenvalue weighted by atomic mass is 16.3. The van der Waals surface area contributed by atoms with Gasteiger partial charge in [0.25, 0.3) is 0 Å². The van der Waals surface area contributed by atoms with Crippen LogP contribution in [0.3, 0.4) is 0 Å². The number of para-hydroxylation sites is 2. The maximum atomic E-state index is 6.51. The summed E-state index contributed by atoms with van der Waals surface area (Å²) in [5, 5.41) is 5.19. The molecule has 6 nitrogen and oxygen atoms in total. The van der Waals surface area contributed by atoms with Crippen LogP contribution in [0.5, 0.6) is 0 Å². The third kappa shape index (κ3) is 2.24. The normalized spacial score (nSPS) is 12.1. The Morgan fingerprint density at radius 1 is 0.676 bits per heavy atom. The van der Waals surface area contributed by atoms with Crippen LogP contribution >= 0.6 is 0 Å². The Morgan fingerprint density at radius 2 is 1.53 bits per heavy atom. The van der Waals surface area contributed by atoms with Gasteiger partial charge in [-0.2, -0.15) is 0 Å². The highest BCUT2D eigenvalue weighted by molar-refractivity contribution is 6.25. The Balaban J connectivity index is 1.59. The molecule has 8 rings (SSSR count). The molecule has 4 aromatic heterocycles. The number of hydrogen-bond acceptors (Lipinski definition) is 5. The number of benzene rings is 4. The van der Waals surface area contributed by atoms with Crippen molar-refractivity contribution in [1.29, 1.82) is 0 Å². The first-order valence-electron chi connectivity index (χ1n) is 11.1. The minimum Gasteiger partial charge on any atom is -0.454 e. The lowest BCUT2D eigenvalue weighted by Gasteiger charge is -2.07. The van der Waals surface area contributed by atoms with Gasteiger partial charge >= 0.3 is 0 Å². The Kier molecular flexibility index (Phi) is 3.31. The molecular weight excluding hydrogens is 422 g/mol. The summed E-state index contributed by atoms with van der Waals surface area (Å²) in [6.07, 6.45) is 5.31. The molecule has 0 aliphatic rings. The molecule has 0 radical (unpaired) electrons. The minimum atomic E-state index is 0.613. The van der Waals surface area contributed by atoms with Crippen molar-refractivity contribution in [2.24, 2.45) is 0 Å². The molecule has 0 unspecified atom stereocenters. The molecular formula is C28H15N5O. The molecule has 6 heteroatoms. The first kappa shape index (κ1) is 17.7. The maximum Gasteiger partial charge on any atom is 0.235 e. The van der Waals surface area contributed by atoms with Gasteiger partial charge in [-0.15, -0.1) is 0 Å². The van der Waals surface area contributed by atoms with E-state index in [1.807, 2.05) is 48.7 Å². The average molecular weight is 437 g/mol. The number of rotatable bonds is 1. The molecule has 0 saturated heterocycles. The average Bonchev–Trinajstić information content (AvgIpc) is 3.44. The van der Waals surface area contributed by atoms with Gasteiger partial charge in [-0.3, -0.25) is 14.5 Å². The van der Waals surface area contributed by atoms with E-state index in [0.29, 0.717) is 5.95 Å². The lowest BCUT2D eigenvalue weighted by Crippen LogP contribution is -2.01. The topological polar surface area (TPSA) is 69.6 Å². The molecule has 0 N–H and O–H groups in total. The summed E-state index contributed by atoms with van der Waals surface area (Å²) in [7, 11) is 0. The van der Waals surface area contributed by atoms with E-state index in [1.165, 1.54) is 0 Å². The van der Waals surface area contributed by atoms with E-state index >= 15 is 0 Å². The zero-order chi connectivity index (χ0) is 22.2. The number of fused-ring (bicyclic) bond motifs is 10. The van der Waals surface area contributed by atoms with E-state index < -0.39 is 0 Å². The first-order chi connectivity index (χ1) is 16.9. The van der Waals surface area contributed by atoms with Crippen molar-refractivity contribution in [2.45, 2.75) is 0 Å². The summed E-state index contributed by atoms with van der Waals surface area (Å²) in [5.74, 6) is 0.613. The molecule has 4 heterocycles. The Bertz CT molecular complexity index is 2090. The van der Waals surface area contributed by atoms with E-state index in [0.717, 1.165) is 65.7 Å². The van der Waals surface area contributed by atoms with E-state index in [2.05, 4.69) is 44.9 Å². The lowest BCUT2D eigenvalue weighted by molar-refractivity contribution is 0.671. The molecule has 0 aliphatic carbocycles. The molecule has 0 atom stereocenters. The van der Waals surface area contributed by atoms with E-state index in [-0.39, 0.29) is 0 Å². The van der Waals surface area contributed by atoms with Crippen LogP contribution < -0.4 is 0 Å². The van der Waals surface area contributed by atoms with Gasteiger partial charge in [0.2, 0.25) is 5.95 Å². The van der Waals surface area contributed by atoms with E-state index in [9.17, 15) is 0 Å². The first-order valence-corrected chi connectivity index (χ1v) is 11.1. The lowest BCUT2D eigenvalue weighted by atomic mass is 10.1. The number of nitrogens with zero attached hydrogens (tertiary/aromatic N) is 5. The third-order valence-electron chi connectivity index (χ3n) is 6.55. The predicted octanol–water partition coefficient (Wildman–Crippen LogP) is 6.57. The van der Waals surface area contributed by atoms with Gasteiger partial charge in [-0.1, -0.05) is 42.5 Å². The van der Waals surface area contributed by atoms with Crippen molar-refractivity contribution >= 4 is 65.7 Å². The molecule has 34 heavy (non-hydrogen) atoms. The molecule has 0 saturated carbocycles. The van der Waals surface area contributed by atoms with Crippen molar-refractivity contribution in [3.8, 4) is 5.95 Å². The van der Waals surface area contributed by atoms with Crippen molar-refractivity contribution in [3.63, 3.8) is 0 Å². The Morgan fingerprint density at radius 3 is 2.53 bits per heavy atom. The van der Waals surface area contributed by atoms with Gasteiger partial charge in [0, 0.05) is 40.1 Å². The Hall–Kier alpha value is -4.84. The van der Waals surface area contributed by atoms with Gasteiger partial charge in [0.05, 0.1) is 21.9 Å². The fourth-order valence-corrected chi connectivity index (χ4v) is 5.08. The van der Waals surface area contributed by atoms with Gasteiger partial charge in [-0.25, -0.2) is 9.97 Å². The molecule has 0 fully saturated rings. The van der Waals surface area contributed by atoms with Gasteiger partial charge in [-0.05, 0) is 30.3 Å². The highest BCUT2D eigenvalue weighted by Gasteiger charge is 2.21. The summed E-state index contributed by atoms with van der Waals surface area (Å²) in [5.41, 5.74) is 6.13. The molecule has 158 valence electrons. The number of furan rings is 1. The van der Waals surface area contributed by atoms with Crippen LogP contribution in [0, 0.1) is 0 Å². The summed E-state index contributed by atoms with van der Waals surface area (Å²) >= 11 is 0. The summed E-state index contributed by atoms with van der Waals surface area (Å²) in [6.45, 7) is 0. The van der Waals surface area contributed by atoms with Crippen molar-refractivity contribution in [1.82, 2.24) is 24.5 Å². The van der Waals surface area contributed by atoms with Crippen LogP contribution in [-0.2, 0) is 0 Å². The Labute approximate surface area is 192 Å². The standard InChI is InChI=1S/C28H15N5O/c1-3-7-20-16(5-1)15-31-28(32-20)33-22-8-4-2-6-17(22)18-9-10-19-24-23(34-27(19)26(18)33)12-11-21-25(24)30-14-13-29-21/h1-15H. The molecule has 0 bridgehead atoms. The molecule has 4 aromatic carbocycles. The summed E-state index contributed by atoms with van der Waals surface area (Å²) in [4.78, 5) is 18.8. The summed E-state index contributed by atoms with van der Waals surface area (Å²) < 4.78 is 8.62. The van der Waals surface area contributed by atoms with E-state index in [1.54, 1.807) is 12.4 Å². The zero-order valence-corrected chi connectivity index (χ0v) is 17.8. The highest BCUT2D eigenvalue weighted by Crippen LogP contribution is 2.41. The third-order valence-corrected chi connectivity index (χ3v) is 6.55. The molecule has 0 amide bonds. The molecule has 0 spiro atoms. The molecule has 0 aliphatic heterocycles. The van der Waals surface area contributed by atoms with Crippen LogP contribution in [0.4, 0.5) is 0 Å². The van der Waals surface area contributed by atoms with Crippen LogP contribution in [-0.4, -0.2) is 24.5 Å².